The lowest BCUT2D eigenvalue weighted by molar-refractivity contribution is -0.118. The maximum absolute atomic E-state index is 14.0. The summed E-state index contributed by atoms with van der Waals surface area (Å²) < 4.78 is 49.1. The third kappa shape index (κ3) is 4.78. The van der Waals surface area contributed by atoms with Crippen molar-refractivity contribution >= 4 is 5.91 Å². The van der Waals surface area contributed by atoms with Gasteiger partial charge >= 0.3 is 0 Å². The number of hydrogen-bond acceptors (Lipinski definition) is 6. The summed E-state index contributed by atoms with van der Waals surface area (Å²) in [5.74, 6) is -7.64. The van der Waals surface area contributed by atoms with Gasteiger partial charge in [0.25, 0.3) is 5.56 Å². The Bertz CT molecular complexity index is 1480. The molecule has 5 rings (SSSR count). The normalized spacial score (nSPS) is 19.9. The van der Waals surface area contributed by atoms with Crippen molar-refractivity contribution in [3.63, 3.8) is 0 Å². The fourth-order valence-electron chi connectivity index (χ4n) is 5.55. The Morgan fingerprint density at radius 1 is 1.11 bits per heavy atom. The van der Waals surface area contributed by atoms with Crippen molar-refractivity contribution < 1.29 is 27.5 Å². The molecule has 194 valence electrons. The first-order valence-electron chi connectivity index (χ1n) is 11.8. The van der Waals surface area contributed by atoms with Gasteiger partial charge < -0.3 is 19.8 Å². The smallest absolute Gasteiger partial charge is 0.250 e. The predicted octanol–water partition coefficient (Wildman–Crippen LogP) is 2.55. The average molecular weight is 515 g/mol. The molecule has 1 amide bonds. The van der Waals surface area contributed by atoms with E-state index in [1.807, 2.05) is 6.07 Å². The second kappa shape index (κ2) is 9.55. The zero-order valence-corrected chi connectivity index (χ0v) is 19.6. The first-order valence-corrected chi connectivity index (χ1v) is 11.8. The summed E-state index contributed by atoms with van der Waals surface area (Å²) in [4.78, 5) is 38.7. The van der Waals surface area contributed by atoms with E-state index in [0.29, 0.717) is 31.8 Å². The van der Waals surface area contributed by atoms with Crippen molar-refractivity contribution in [2.75, 3.05) is 13.1 Å². The van der Waals surface area contributed by atoms with E-state index < -0.39 is 46.9 Å². The van der Waals surface area contributed by atoms with Gasteiger partial charge in [-0.25, -0.2) is 13.2 Å². The summed E-state index contributed by atoms with van der Waals surface area (Å²) in [6.07, 6.45) is 0.372. The van der Waals surface area contributed by atoms with Crippen molar-refractivity contribution in [3.8, 4) is 5.75 Å². The SMILES string of the molecule is NC(=O)CC(c1cc(F)c(F)c(F)c1)c1oc(CN2CC3CC(C2)c2cccc(=O)n2C3)cc(=O)c1O. The molecule has 3 N–H and O–H groups in total. The summed E-state index contributed by atoms with van der Waals surface area (Å²) in [6, 6.07) is 7.66. The number of nitrogens with zero attached hydrogens (tertiary/aromatic N) is 2. The fraction of sp³-hybridized carbons (Fsp3) is 0.346. The number of pyridine rings is 1. The predicted molar refractivity (Wildman–Crippen MR) is 125 cm³/mol. The van der Waals surface area contributed by atoms with E-state index in [1.54, 1.807) is 10.6 Å². The number of aromatic nitrogens is 1. The van der Waals surface area contributed by atoms with Gasteiger partial charge in [-0.05, 0) is 36.1 Å². The van der Waals surface area contributed by atoms with Crippen molar-refractivity contribution in [1.82, 2.24) is 9.47 Å². The molecular formula is C26H24F3N3O5. The molecule has 2 aliphatic heterocycles. The lowest BCUT2D eigenvalue weighted by atomic mass is 9.83. The molecule has 3 unspecified atom stereocenters. The van der Waals surface area contributed by atoms with Gasteiger partial charge in [0.2, 0.25) is 17.1 Å². The number of piperidine rings is 1. The molecule has 2 aromatic heterocycles. The van der Waals surface area contributed by atoms with Gasteiger partial charge in [0.15, 0.2) is 23.2 Å². The highest BCUT2D eigenvalue weighted by atomic mass is 19.2. The highest BCUT2D eigenvalue weighted by molar-refractivity contribution is 5.75. The van der Waals surface area contributed by atoms with Crippen LogP contribution in [0, 0.1) is 23.4 Å². The van der Waals surface area contributed by atoms with Crippen LogP contribution in [-0.4, -0.2) is 33.6 Å². The Hall–Kier alpha value is -3.86. The Morgan fingerprint density at radius 3 is 2.54 bits per heavy atom. The van der Waals surface area contributed by atoms with E-state index in [-0.39, 0.29) is 41.0 Å². The van der Waals surface area contributed by atoms with Gasteiger partial charge in [-0.15, -0.1) is 0 Å². The second-order valence-electron chi connectivity index (χ2n) is 9.70. The third-order valence-electron chi connectivity index (χ3n) is 7.07. The number of likely N-dealkylation sites (tertiary alicyclic amines) is 1. The first-order chi connectivity index (χ1) is 17.6. The number of nitrogens with two attached hydrogens (primary N) is 1. The second-order valence-corrected chi connectivity index (χ2v) is 9.70. The maximum Gasteiger partial charge on any atom is 0.250 e. The number of carbonyl (C=O) groups is 1. The van der Waals surface area contributed by atoms with Crippen LogP contribution in [0.4, 0.5) is 13.2 Å². The van der Waals surface area contributed by atoms with Gasteiger partial charge in [-0.3, -0.25) is 19.3 Å². The number of amides is 1. The average Bonchev–Trinajstić information content (AvgIpc) is 2.83. The van der Waals surface area contributed by atoms with Crippen molar-refractivity contribution in [2.45, 2.75) is 37.8 Å². The highest BCUT2D eigenvalue weighted by Gasteiger charge is 2.35. The molecule has 37 heavy (non-hydrogen) atoms. The highest BCUT2D eigenvalue weighted by Crippen LogP contribution is 2.37. The maximum atomic E-state index is 14.0. The molecule has 8 nitrogen and oxygen atoms in total. The molecule has 3 aromatic rings. The minimum atomic E-state index is -1.69. The number of fused-ring (bicyclic) bond motifs is 4. The van der Waals surface area contributed by atoms with Crippen LogP contribution >= 0.6 is 0 Å². The standard InChI is InChI=1S/C26H24F3N3O5/c27-18-5-14(6-19(28)24(18)29)17(8-22(30)34)26-25(36)21(33)7-16(37-26)12-31-9-13-4-15(11-31)20-2-1-3-23(35)32(20)10-13/h1-3,5-7,13,15,17,36H,4,8-12H2,(H2,30,34). The number of aromatic hydroxyl groups is 1. The van der Waals surface area contributed by atoms with Crippen LogP contribution < -0.4 is 16.7 Å². The summed E-state index contributed by atoms with van der Waals surface area (Å²) >= 11 is 0. The lowest BCUT2D eigenvalue weighted by Gasteiger charge is -2.42. The van der Waals surface area contributed by atoms with Crippen LogP contribution in [0.5, 0.6) is 5.75 Å². The van der Waals surface area contributed by atoms with Crippen molar-refractivity contribution in [2.24, 2.45) is 11.7 Å². The molecule has 1 fully saturated rings. The molecule has 4 heterocycles. The Labute approximate surface area is 208 Å². The van der Waals surface area contributed by atoms with Crippen molar-refractivity contribution in [1.29, 1.82) is 0 Å². The molecule has 1 saturated heterocycles. The largest absolute Gasteiger partial charge is 0.502 e. The molecule has 0 saturated carbocycles. The Kier molecular flexibility index (Phi) is 6.40. The molecule has 2 aliphatic rings. The van der Waals surface area contributed by atoms with Gasteiger partial charge in [-0.1, -0.05) is 6.07 Å². The number of benzene rings is 1. The van der Waals surface area contributed by atoms with E-state index in [1.165, 1.54) is 6.07 Å². The van der Waals surface area contributed by atoms with Crippen LogP contribution in [0.2, 0.25) is 0 Å². The quantitative estimate of drug-likeness (QED) is 0.487. The number of hydrogen-bond donors (Lipinski definition) is 2. The monoisotopic (exact) mass is 515 g/mol. The van der Waals surface area contributed by atoms with Crippen LogP contribution in [0.1, 0.15) is 47.5 Å². The molecule has 0 aliphatic carbocycles. The molecule has 0 spiro atoms. The zero-order valence-electron chi connectivity index (χ0n) is 19.6. The van der Waals surface area contributed by atoms with E-state index in [2.05, 4.69) is 4.90 Å². The van der Waals surface area contributed by atoms with Crippen LogP contribution in [0.25, 0.3) is 0 Å². The van der Waals surface area contributed by atoms with E-state index >= 15 is 0 Å². The van der Waals surface area contributed by atoms with E-state index in [4.69, 9.17) is 10.2 Å². The summed E-state index contributed by atoms with van der Waals surface area (Å²) in [6.45, 7) is 1.99. The van der Waals surface area contributed by atoms with E-state index in [9.17, 15) is 32.7 Å². The molecular weight excluding hydrogens is 491 g/mol. The number of halogens is 3. The minimum Gasteiger partial charge on any atom is -0.502 e. The number of carbonyl (C=O) groups excluding carboxylic acids is 1. The summed E-state index contributed by atoms with van der Waals surface area (Å²) in [5, 5.41) is 10.5. The van der Waals surface area contributed by atoms with Gasteiger partial charge in [0.05, 0.1) is 12.5 Å². The third-order valence-corrected chi connectivity index (χ3v) is 7.07. The number of primary amides is 1. The fourth-order valence-corrected chi connectivity index (χ4v) is 5.55. The van der Waals surface area contributed by atoms with Crippen molar-refractivity contribution in [3.05, 3.63) is 97.2 Å². The van der Waals surface area contributed by atoms with Crippen LogP contribution in [0.15, 0.2) is 50.4 Å². The Balaban J connectivity index is 1.47. The molecule has 2 bridgehead atoms. The first kappa shape index (κ1) is 24.8. The van der Waals surface area contributed by atoms with E-state index in [0.717, 1.165) is 18.2 Å². The van der Waals surface area contributed by atoms with Gasteiger partial charge in [-0.2, -0.15) is 0 Å². The van der Waals surface area contributed by atoms with Crippen LogP contribution in [0.3, 0.4) is 0 Å². The number of rotatable bonds is 6. The van der Waals surface area contributed by atoms with Crippen LogP contribution in [-0.2, 0) is 17.9 Å². The summed E-state index contributed by atoms with van der Waals surface area (Å²) in [7, 11) is 0. The zero-order chi connectivity index (χ0) is 26.4. The van der Waals surface area contributed by atoms with Gasteiger partial charge in [0.1, 0.15) is 5.76 Å². The molecule has 11 heteroatoms. The Morgan fingerprint density at radius 2 is 1.84 bits per heavy atom. The molecule has 0 radical (unpaired) electrons. The van der Waals surface area contributed by atoms with Gasteiger partial charge in [0, 0.05) is 49.8 Å². The molecule has 3 atom stereocenters. The minimum absolute atomic E-state index is 0.0380. The topological polar surface area (TPSA) is 119 Å². The lowest BCUT2D eigenvalue weighted by Crippen LogP contribution is -2.46. The summed E-state index contributed by atoms with van der Waals surface area (Å²) in [5.41, 5.74) is 5.20. The molecule has 1 aromatic carbocycles.